The first-order chi connectivity index (χ1) is 9.91. The molecule has 0 bridgehead atoms. The van der Waals surface area contributed by atoms with Gasteiger partial charge in [0.2, 0.25) is 0 Å². The van der Waals surface area contributed by atoms with Crippen LogP contribution in [0.1, 0.15) is 30.6 Å². The minimum atomic E-state index is -0.306. The average Bonchev–Trinajstić information content (AvgIpc) is 2.43. The lowest BCUT2D eigenvalue weighted by Crippen LogP contribution is -2.54. The van der Waals surface area contributed by atoms with E-state index < -0.39 is 0 Å². The summed E-state index contributed by atoms with van der Waals surface area (Å²) in [5, 5.41) is 9.79. The molecule has 1 aromatic rings. The lowest BCUT2D eigenvalue weighted by molar-refractivity contribution is -0.148. The number of ether oxygens (including phenoxy) is 1. The number of carbonyl (C=O) groups excluding carboxylic acids is 1. The van der Waals surface area contributed by atoms with Gasteiger partial charge in [-0.1, -0.05) is 23.7 Å². The first kappa shape index (κ1) is 16.4. The molecular formula is C16H22ClNO3. The zero-order valence-corrected chi connectivity index (χ0v) is 13.3. The lowest BCUT2D eigenvalue weighted by Gasteiger charge is -2.42. The lowest BCUT2D eigenvalue weighted by atomic mass is 10.0. The number of nitrogens with zero attached hydrogens (tertiary/aromatic N) is 1. The molecule has 0 saturated carbocycles. The van der Waals surface area contributed by atoms with Crippen LogP contribution in [0.5, 0.6) is 0 Å². The molecule has 0 aromatic heterocycles. The Balaban J connectivity index is 1.93. The van der Waals surface area contributed by atoms with E-state index in [1.54, 1.807) is 12.1 Å². The molecule has 21 heavy (non-hydrogen) atoms. The maximum absolute atomic E-state index is 12.2. The van der Waals surface area contributed by atoms with Gasteiger partial charge in [0.1, 0.15) is 0 Å². The van der Waals surface area contributed by atoms with Gasteiger partial charge in [-0.15, -0.1) is 0 Å². The summed E-state index contributed by atoms with van der Waals surface area (Å²) in [6.07, 6.45) is 0.224. The number of Topliss-reactive ketones (excluding diaryl/α,β-unsaturated/α-hetero) is 1. The van der Waals surface area contributed by atoms with Gasteiger partial charge in [0.15, 0.2) is 5.78 Å². The van der Waals surface area contributed by atoms with E-state index in [9.17, 15) is 9.90 Å². The Labute approximate surface area is 130 Å². The molecule has 0 amide bonds. The molecule has 5 heteroatoms. The quantitative estimate of drug-likeness (QED) is 0.848. The van der Waals surface area contributed by atoms with Crippen molar-refractivity contribution in [1.82, 2.24) is 4.90 Å². The molecule has 4 nitrogen and oxygen atoms in total. The third kappa shape index (κ3) is 4.51. The molecule has 1 fully saturated rings. The van der Waals surface area contributed by atoms with Crippen LogP contribution in [-0.2, 0) is 4.74 Å². The summed E-state index contributed by atoms with van der Waals surface area (Å²) in [6, 6.07) is 7.12. The Hall–Kier alpha value is -0.940. The highest BCUT2D eigenvalue weighted by Crippen LogP contribution is 2.22. The summed E-state index contributed by atoms with van der Waals surface area (Å²) in [5.41, 5.74) is 0.268. The number of aliphatic hydroxyl groups is 1. The third-order valence-corrected chi connectivity index (χ3v) is 3.91. The van der Waals surface area contributed by atoms with Crippen molar-refractivity contribution >= 4 is 17.4 Å². The molecule has 1 saturated heterocycles. The largest absolute Gasteiger partial charge is 0.394 e. The standard InChI is InChI=1S/C16H22ClNO3/c1-16(2)11-18(9-12(10-19)21-16)8-7-15(20)13-5-3-4-6-14(13)17/h3-6,12,19H,7-11H2,1-2H3. The zero-order valence-electron chi connectivity index (χ0n) is 12.5. The minimum Gasteiger partial charge on any atom is -0.394 e. The van der Waals surface area contributed by atoms with Crippen molar-refractivity contribution in [2.75, 3.05) is 26.2 Å². The second-order valence-corrected chi connectivity index (χ2v) is 6.48. The smallest absolute Gasteiger partial charge is 0.165 e. The van der Waals surface area contributed by atoms with Gasteiger partial charge in [0.25, 0.3) is 0 Å². The van der Waals surface area contributed by atoms with E-state index in [0.717, 1.165) is 6.54 Å². The fraction of sp³-hybridized carbons (Fsp3) is 0.562. The topological polar surface area (TPSA) is 49.8 Å². The molecule has 0 aliphatic carbocycles. The van der Waals surface area contributed by atoms with Gasteiger partial charge in [-0.25, -0.2) is 0 Å². The van der Waals surface area contributed by atoms with Crippen LogP contribution in [0.3, 0.4) is 0 Å². The molecular weight excluding hydrogens is 290 g/mol. The van der Waals surface area contributed by atoms with Crippen molar-refractivity contribution in [2.45, 2.75) is 32.0 Å². The van der Waals surface area contributed by atoms with Gasteiger partial charge in [-0.3, -0.25) is 9.69 Å². The normalized spacial score (nSPS) is 22.2. The van der Waals surface area contributed by atoms with Gasteiger partial charge in [0, 0.05) is 31.6 Å². The molecule has 0 spiro atoms. The Morgan fingerprint density at radius 3 is 2.86 bits per heavy atom. The van der Waals surface area contributed by atoms with Crippen LogP contribution >= 0.6 is 11.6 Å². The van der Waals surface area contributed by atoms with Gasteiger partial charge < -0.3 is 9.84 Å². The fourth-order valence-corrected chi connectivity index (χ4v) is 3.00. The number of aliphatic hydroxyl groups excluding tert-OH is 1. The number of morpholine rings is 1. The van der Waals surface area contributed by atoms with Crippen molar-refractivity contribution in [1.29, 1.82) is 0 Å². The molecule has 1 unspecified atom stereocenters. The summed E-state index contributed by atoms with van der Waals surface area (Å²) in [5.74, 6) is 0.0467. The van der Waals surface area contributed by atoms with E-state index in [-0.39, 0.29) is 24.1 Å². The molecule has 1 heterocycles. The van der Waals surface area contributed by atoms with Crippen LogP contribution < -0.4 is 0 Å². The van der Waals surface area contributed by atoms with E-state index in [2.05, 4.69) is 4.90 Å². The Morgan fingerprint density at radius 1 is 1.48 bits per heavy atom. The molecule has 1 aromatic carbocycles. The van der Waals surface area contributed by atoms with Crippen LogP contribution in [0.2, 0.25) is 5.02 Å². The van der Waals surface area contributed by atoms with Crippen molar-refractivity contribution in [3.05, 3.63) is 34.9 Å². The maximum Gasteiger partial charge on any atom is 0.165 e. The van der Waals surface area contributed by atoms with E-state index in [1.807, 2.05) is 26.0 Å². The number of hydrogen-bond acceptors (Lipinski definition) is 4. The second kappa shape index (κ2) is 6.88. The van der Waals surface area contributed by atoms with E-state index >= 15 is 0 Å². The number of hydrogen-bond donors (Lipinski definition) is 1. The highest BCUT2D eigenvalue weighted by molar-refractivity contribution is 6.33. The first-order valence-corrected chi connectivity index (χ1v) is 7.58. The average molecular weight is 312 g/mol. The van der Waals surface area contributed by atoms with Crippen molar-refractivity contribution in [3.63, 3.8) is 0 Å². The molecule has 1 aliphatic heterocycles. The predicted molar refractivity (Wildman–Crippen MR) is 82.9 cm³/mol. The van der Waals surface area contributed by atoms with Gasteiger partial charge in [0.05, 0.1) is 23.3 Å². The first-order valence-electron chi connectivity index (χ1n) is 7.20. The molecule has 0 radical (unpaired) electrons. The van der Waals surface area contributed by atoms with E-state index in [1.165, 1.54) is 0 Å². The Bertz CT molecular complexity index is 504. The van der Waals surface area contributed by atoms with E-state index in [0.29, 0.717) is 30.1 Å². The second-order valence-electron chi connectivity index (χ2n) is 6.07. The maximum atomic E-state index is 12.2. The van der Waals surface area contributed by atoms with Crippen molar-refractivity contribution in [3.8, 4) is 0 Å². The monoisotopic (exact) mass is 311 g/mol. The number of ketones is 1. The predicted octanol–water partition coefficient (Wildman–Crippen LogP) is 2.38. The molecule has 1 aliphatic rings. The summed E-state index contributed by atoms with van der Waals surface area (Å²) in [6.45, 7) is 6.04. The molecule has 1 atom stereocenters. The summed E-state index contributed by atoms with van der Waals surface area (Å²) in [4.78, 5) is 14.4. The highest BCUT2D eigenvalue weighted by Gasteiger charge is 2.33. The minimum absolute atomic E-state index is 0.00160. The van der Waals surface area contributed by atoms with Crippen LogP contribution in [0.15, 0.2) is 24.3 Å². The fourth-order valence-electron chi connectivity index (χ4n) is 2.76. The number of halogens is 1. The third-order valence-electron chi connectivity index (χ3n) is 3.58. The molecule has 1 N–H and O–H groups in total. The Morgan fingerprint density at radius 2 is 2.19 bits per heavy atom. The zero-order chi connectivity index (χ0) is 15.5. The summed E-state index contributed by atoms with van der Waals surface area (Å²) in [7, 11) is 0. The number of carbonyl (C=O) groups is 1. The van der Waals surface area contributed by atoms with E-state index in [4.69, 9.17) is 16.3 Å². The number of benzene rings is 1. The SMILES string of the molecule is CC1(C)CN(CCC(=O)c2ccccc2Cl)CC(CO)O1. The van der Waals surface area contributed by atoms with Crippen LogP contribution in [-0.4, -0.2) is 53.7 Å². The molecule has 2 rings (SSSR count). The molecule has 116 valence electrons. The van der Waals surface area contributed by atoms with Gasteiger partial charge in [-0.2, -0.15) is 0 Å². The summed E-state index contributed by atoms with van der Waals surface area (Å²) < 4.78 is 5.77. The van der Waals surface area contributed by atoms with Crippen LogP contribution in [0.25, 0.3) is 0 Å². The van der Waals surface area contributed by atoms with Gasteiger partial charge >= 0.3 is 0 Å². The van der Waals surface area contributed by atoms with Crippen molar-refractivity contribution in [2.24, 2.45) is 0 Å². The van der Waals surface area contributed by atoms with Gasteiger partial charge in [-0.05, 0) is 26.0 Å². The Kier molecular flexibility index (Phi) is 5.38. The van der Waals surface area contributed by atoms with Crippen LogP contribution in [0.4, 0.5) is 0 Å². The van der Waals surface area contributed by atoms with Crippen LogP contribution in [0, 0.1) is 0 Å². The highest BCUT2D eigenvalue weighted by atomic mass is 35.5. The summed E-state index contributed by atoms with van der Waals surface area (Å²) >= 11 is 6.04. The van der Waals surface area contributed by atoms with Crippen molar-refractivity contribution < 1.29 is 14.6 Å². The number of rotatable bonds is 5.